The van der Waals surface area contributed by atoms with Crippen LogP contribution in [0.3, 0.4) is 0 Å². The number of nitrogens with one attached hydrogen (secondary N) is 1. The fourth-order valence-electron chi connectivity index (χ4n) is 2.89. The first-order valence-electron chi connectivity index (χ1n) is 8.42. The van der Waals surface area contributed by atoms with Crippen molar-refractivity contribution in [3.8, 4) is 11.1 Å². The summed E-state index contributed by atoms with van der Waals surface area (Å²) in [6.07, 6.45) is -0.729. The van der Waals surface area contributed by atoms with Crippen molar-refractivity contribution in [1.82, 2.24) is 14.7 Å². The van der Waals surface area contributed by atoms with Crippen LogP contribution in [0.5, 0.6) is 0 Å². The molecule has 4 heterocycles. The van der Waals surface area contributed by atoms with E-state index in [4.69, 9.17) is 16.0 Å². The van der Waals surface area contributed by atoms with E-state index >= 15 is 0 Å². The lowest BCUT2D eigenvalue weighted by Crippen LogP contribution is -2.24. The SMILES string of the molecule is O=C(Cc1nc2c(C(F)(F)F)cc(-c3ccoc3)cn2c1Cl)NCc1cccs1. The molecule has 150 valence electrons. The molecule has 4 aromatic heterocycles. The molecular formula is C19H13ClF3N3O2S. The van der Waals surface area contributed by atoms with Gasteiger partial charge in [-0.25, -0.2) is 4.98 Å². The Morgan fingerprint density at radius 3 is 2.79 bits per heavy atom. The van der Waals surface area contributed by atoms with E-state index in [1.54, 1.807) is 6.07 Å². The fraction of sp³-hybridized carbons (Fsp3) is 0.158. The molecule has 0 spiro atoms. The van der Waals surface area contributed by atoms with Gasteiger partial charge in [-0.3, -0.25) is 9.20 Å². The highest BCUT2D eigenvalue weighted by Gasteiger charge is 2.35. The second-order valence-corrected chi connectivity index (χ2v) is 7.62. The third kappa shape index (κ3) is 4.01. The van der Waals surface area contributed by atoms with E-state index < -0.39 is 11.7 Å². The van der Waals surface area contributed by atoms with Crippen molar-refractivity contribution in [3.05, 3.63) is 69.7 Å². The summed E-state index contributed by atoms with van der Waals surface area (Å²) in [5, 5.41) is 4.56. The summed E-state index contributed by atoms with van der Waals surface area (Å²) >= 11 is 7.78. The molecule has 0 aliphatic heterocycles. The minimum atomic E-state index is -4.64. The average molecular weight is 440 g/mol. The first kappa shape index (κ1) is 19.5. The number of imidazole rings is 1. The lowest BCUT2D eigenvalue weighted by molar-refractivity contribution is -0.136. The number of halogens is 4. The van der Waals surface area contributed by atoms with Gasteiger partial charge in [0.05, 0.1) is 36.7 Å². The van der Waals surface area contributed by atoms with Gasteiger partial charge in [-0.2, -0.15) is 13.2 Å². The maximum atomic E-state index is 13.6. The molecular weight excluding hydrogens is 427 g/mol. The van der Waals surface area contributed by atoms with Crippen LogP contribution in [0.2, 0.25) is 5.15 Å². The fourth-order valence-corrected chi connectivity index (χ4v) is 3.77. The topological polar surface area (TPSA) is 59.5 Å². The quantitative estimate of drug-likeness (QED) is 0.465. The number of furan rings is 1. The second-order valence-electron chi connectivity index (χ2n) is 6.23. The molecule has 0 atom stereocenters. The number of carbonyl (C=O) groups excluding carboxylic acids is 1. The third-order valence-corrected chi connectivity index (χ3v) is 5.53. The summed E-state index contributed by atoms with van der Waals surface area (Å²) in [5.74, 6) is -0.382. The van der Waals surface area contributed by atoms with Gasteiger partial charge in [0.1, 0.15) is 5.15 Å². The summed E-state index contributed by atoms with van der Waals surface area (Å²) in [5.41, 5.74) is -0.478. The standard InChI is InChI=1S/C19H13ClF3N3O2S/c20-17-15(7-16(27)24-8-13-2-1-5-29-13)25-18-14(19(21,22)23)6-12(9-26(17)18)11-3-4-28-10-11/h1-6,9-10H,7-8H2,(H,24,27). The number of fused-ring (bicyclic) bond motifs is 1. The van der Waals surface area contributed by atoms with E-state index in [2.05, 4.69) is 10.3 Å². The van der Waals surface area contributed by atoms with Gasteiger partial charge in [-0.05, 0) is 23.6 Å². The first-order valence-corrected chi connectivity index (χ1v) is 9.68. The van der Waals surface area contributed by atoms with E-state index in [-0.39, 0.29) is 34.4 Å². The molecule has 0 saturated carbocycles. The highest BCUT2D eigenvalue weighted by molar-refractivity contribution is 7.09. The summed E-state index contributed by atoms with van der Waals surface area (Å²) in [6, 6.07) is 6.27. The smallest absolute Gasteiger partial charge is 0.420 e. The molecule has 10 heteroatoms. The number of thiophene rings is 1. The van der Waals surface area contributed by atoms with Gasteiger partial charge in [-0.15, -0.1) is 11.3 Å². The number of carbonyl (C=O) groups is 1. The van der Waals surface area contributed by atoms with Crippen LogP contribution in [0, 0.1) is 0 Å². The Morgan fingerprint density at radius 1 is 1.31 bits per heavy atom. The Labute approximate surface area is 171 Å². The predicted octanol–water partition coefficient (Wildman–Crippen LogP) is 5.19. The third-order valence-electron chi connectivity index (χ3n) is 4.26. The molecule has 0 unspecified atom stereocenters. The molecule has 0 saturated heterocycles. The van der Waals surface area contributed by atoms with Crippen LogP contribution >= 0.6 is 22.9 Å². The highest BCUT2D eigenvalue weighted by atomic mass is 35.5. The predicted molar refractivity (Wildman–Crippen MR) is 103 cm³/mol. The van der Waals surface area contributed by atoms with Crippen LogP contribution in [0.1, 0.15) is 16.1 Å². The van der Waals surface area contributed by atoms with Crippen molar-refractivity contribution in [3.63, 3.8) is 0 Å². The van der Waals surface area contributed by atoms with Gasteiger partial charge in [0.25, 0.3) is 0 Å². The monoisotopic (exact) mass is 439 g/mol. The van der Waals surface area contributed by atoms with Gasteiger partial charge in [0, 0.05) is 22.2 Å². The maximum Gasteiger partial charge on any atom is 0.420 e. The molecule has 0 bridgehead atoms. The van der Waals surface area contributed by atoms with Crippen molar-refractivity contribution in [2.24, 2.45) is 0 Å². The van der Waals surface area contributed by atoms with Crippen molar-refractivity contribution in [1.29, 1.82) is 0 Å². The Bertz CT molecular complexity index is 1150. The molecule has 4 aromatic rings. The minimum Gasteiger partial charge on any atom is -0.472 e. The minimum absolute atomic E-state index is 0.0397. The number of pyridine rings is 1. The first-order chi connectivity index (χ1) is 13.8. The van der Waals surface area contributed by atoms with E-state index in [0.29, 0.717) is 12.1 Å². The van der Waals surface area contributed by atoms with Gasteiger partial charge in [-0.1, -0.05) is 17.7 Å². The Kier molecular flexibility index (Phi) is 5.10. The summed E-state index contributed by atoms with van der Waals surface area (Å²) in [7, 11) is 0. The van der Waals surface area contributed by atoms with Crippen molar-refractivity contribution >= 4 is 34.5 Å². The summed E-state index contributed by atoms with van der Waals surface area (Å²) in [6.45, 7) is 0.333. The number of rotatable bonds is 5. The van der Waals surface area contributed by atoms with Crippen molar-refractivity contribution < 1.29 is 22.4 Å². The Balaban J connectivity index is 1.69. The number of alkyl halides is 3. The lowest BCUT2D eigenvalue weighted by atomic mass is 10.1. The van der Waals surface area contributed by atoms with Crippen LogP contribution in [0.15, 0.2) is 52.8 Å². The number of amides is 1. The summed E-state index contributed by atoms with van der Waals surface area (Å²) < 4.78 is 47.0. The molecule has 0 aliphatic carbocycles. The molecule has 0 aromatic carbocycles. The van der Waals surface area contributed by atoms with E-state index in [1.807, 2.05) is 17.5 Å². The zero-order valence-electron chi connectivity index (χ0n) is 14.7. The molecule has 0 fully saturated rings. The van der Waals surface area contributed by atoms with Crippen LogP contribution in [0.25, 0.3) is 16.8 Å². The molecule has 29 heavy (non-hydrogen) atoms. The molecule has 5 nitrogen and oxygen atoms in total. The van der Waals surface area contributed by atoms with Crippen LogP contribution in [0.4, 0.5) is 13.2 Å². The number of hydrogen-bond acceptors (Lipinski definition) is 4. The van der Waals surface area contributed by atoms with Gasteiger partial charge < -0.3 is 9.73 Å². The average Bonchev–Trinajstić information content (AvgIpc) is 3.41. The summed E-state index contributed by atoms with van der Waals surface area (Å²) in [4.78, 5) is 17.2. The number of nitrogens with zero attached hydrogens (tertiary/aromatic N) is 2. The van der Waals surface area contributed by atoms with Crippen LogP contribution in [-0.2, 0) is 23.9 Å². The number of aromatic nitrogens is 2. The van der Waals surface area contributed by atoms with Gasteiger partial charge >= 0.3 is 6.18 Å². The highest BCUT2D eigenvalue weighted by Crippen LogP contribution is 2.37. The zero-order chi connectivity index (χ0) is 20.6. The van der Waals surface area contributed by atoms with Gasteiger partial charge in [0.15, 0.2) is 5.65 Å². The second kappa shape index (κ2) is 7.57. The zero-order valence-corrected chi connectivity index (χ0v) is 16.2. The van der Waals surface area contributed by atoms with Crippen LogP contribution in [-0.4, -0.2) is 15.3 Å². The lowest BCUT2D eigenvalue weighted by Gasteiger charge is -2.10. The molecule has 0 aliphatic rings. The van der Waals surface area contributed by atoms with E-state index in [0.717, 1.165) is 15.3 Å². The van der Waals surface area contributed by atoms with Crippen LogP contribution < -0.4 is 5.32 Å². The van der Waals surface area contributed by atoms with E-state index in [9.17, 15) is 18.0 Å². The molecule has 0 radical (unpaired) electrons. The molecule has 1 amide bonds. The molecule has 1 N–H and O–H groups in total. The maximum absolute atomic E-state index is 13.6. The number of hydrogen-bond donors (Lipinski definition) is 1. The van der Waals surface area contributed by atoms with Crippen molar-refractivity contribution in [2.45, 2.75) is 19.1 Å². The van der Waals surface area contributed by atoms with Gasteiger partial charge in [0.2, 0.25) is 5.91 Å². The molecule has 4 rings (SSSR count). The Hall–Kier alpha value is -2.78. The normalized spacial score (nSPS) is 11.9. The Morgan fingerprint density at radius 2 is 2.14 bits per heavy atom. The van der Waals surface area contributed by atoms with Crippen molar-refractivity contribution in [2.75, 3.05) is 0 Å². The largest absolute Gasteiger partial charge is 0.472 e. The van der Waals surface area contributed by atoms with E-state index in [1.165, 1.54) is 30.1 Å².